The second-order valence-corrected chi connectivity index (χ2v) is 11.3. The first-order valence-electron chi connectivity index (χ1n) is 13.5. The van der Waals surface area contributed by atoms with Crippen LogP contribution in [0.5, 0.6) is 0 Å². The molecule has 228 valence electrons. The van der Waals surface area contributed by atoms with E-state index >= 15 is 0 Å². The van der Waals surface area contributed by atoms with Crippen LogP contribution in [-0.4, -0.2) is 85.4 Å². The molecule has 4 heterocycles. The predicted octanol–water partition coefficient (Wildman–Crippen LogP) is 3.98. The molecule has 0 bridgehead atoms. The largest absolute Gasteiger partial charge is 0.417 e. The van der Waals surface area contributed by atoms with Crippen LogP contribution in [-0.2, 0) is 9.53 Å². The molecule has 3 fully saturated rings. The number of carbonyl (C=O) groups is 1. The Morgan fingerprint density at radius 3 is 2.39 bits per heavy atom. The van der Waals surface area contributed by atoms with Gasteiger partial charge in [-0.05, 0) is 32.2 Å². The van der Waals surface area contributed by atoms with Gasteiger partial charge in [0, 0.05) is 38.6 Å². The highest BCUT2D eigenvalue weighted by molar-refractivity contribution is 5.81. The molecule has 5 rings (SSSR count). The Kier molecular flexibility index (Phi) is 7.72. The van der Waals surface area contributed by atoms with Crippen molar-refractivity contribution in [3.05, 3.63) is 23.8 Å². The molecule has 4 unspecified atom stereocenters. The number of nitrogens with one attached hydrogen (secondary N) is 1. The van der Waals surface area contributed by atoms with Gasteiger partial charge in [-0.1, -0.05) is 0 Å². The smallest absolute Gasteiger partial charge is 0.380 e. The zero-order valence-corrected chi connectivity index (χ0v) is 22.2. The van der Waals surface area contributed by atoms with Crippen LogP contribution in [0.3, 0.4) is 0 Å². The summed E-state index contributed by atoms with van der Waals surface area (Å²) in [5.41, 5.74) is -2.74. The van der Waals surface area contributed by atoms with Crippen molar-refractivity contribution in [1.29, 1.82) is 0 Å². The Bertz CT molecular complexity index is 1250. The molecule has 1 aliphatic carbocycles. The Balaban J connectivity index is 1.43. The molecule has 0 radical (unpaired) electrons. The summed E-state index contributed by atoms with van der Waals surface area (Å²) in [6.45, 7) is -1.50. The number of amides is 1. The fraction of sp³-hybridized carbons (Fsp3) is 0.760. The fourth-order valence-electron chi connectivity index (χ4n) is 6.02. The van der Waals surface area contributed by atoms with Gasteiger partial charge in [-0.2, -0.15) is 18.3 Å². The molecular weight excluding hydrogens is 565 g/mol. The number of imidazole rings is 1. The number of fused-ring (bicyclic) bond motifs is 1. The molecule has 2 aromatic rings. The molecule has 16 heteroatoms. The van der Waals surface area contributed by atoms with Gasteiger partial charge in [0.1, 0.15) is 12.7 Å². The van der Waals surface area contributed by atoms with Crippen LogP contribution in [0.2, 0.25) is 0 Å². The van der Waals surface area contributed by atoms with Crippen molar-refractivity contribution < 1.29 is 45.4 Å². The lowest BCUT2D eigenvalue weighted by Gasteiger charge is -2.45. The second-order valence-electron chi connectivity index (χ2n) is 11.3. The Morgan fingerprint density at radius 2 is 1.78 bits per heavy atom. The zero-order valence-electron chi connectivity index (χ0n) is 22.2. The standard InChI is InChI=1S/C25H31F7N6O3/c1-33-19(14-2-5-23(26,27)6-3-14)16-12-38-21(36-16)35-15(11-34-38)17-10-22(40,25(30,31)32)8-9-37(17)20(39)18-4-7-24(28,29)13-41-18/h11-12,14,17-19,33,40H,2-10,13H2,1H3. The summed E-state index contributed by atoms with van der Waals surface area (Å²) >= 11 is 0. The molecule has 4 atom stereocenters. The number of alkyl halides is 7. The highest BCUT2D eigenvalue weighted by Gasteiger charge is 2.58. The quantitative estimate of drug-likeness (QED) is 0.504. The number of hydrogen-bond acceptors (Lipinski definition) is 7. The van der Waals surface area contributed by atoms with Crippen LogP contribution in [0, 0.1) is 5.92 Å². The predicted molar refractivity (Wildman–Crippen MR) is 128 cm³/mol. The summed E-state index contributed by atoms with van der Waals surface area (Å²) in [5.74, 6) is -6.73. The maximum atomic E-state index is 13.8. The van der Waals surface area contributed by atoms with E-state index in [4.69, 9.17) is 4.74 Å². The maximum Gasteiger partial charge on any atom is 0.417 e. The third-order valence-corrected chi connectivity index (χ3v) is 8.46. The van der Waals surface area contributed by atoms with Crippen LogP contribution in [0.15, 0.2) is 12.4 Å². The normalized spacial score (nSPS) is 29.9. The van der Waals surface area contributed by atoms with Crippen LogP contribution in [0.25, 0.3) is 5.78 Å². The molecule has 2 N–H and O–H groups in total. The SMILES string of the molecule is CNC(c1cn2ncc(C3CC(O)(C(F)(F)F)CCN3C(=O)C3CCC(F)(F)CO3)nc2n1)C1CCC(F)(F)CC1. The van der Waals surface area contributed by atoms with E-state index in [0.29, 0.717) is 5.69 Å². The average molecular weight is 597 g/mol. The lowest BCUT2D eigenvalue weighted by Crippen LogP contribution is -2.57. The lowest BCUT2D eigenvalue weighted by atomic mass is 9.81. The van der Waals surface area contributed by atoms with E-state index in [-0.39, 0.29) is 49.5 Å². The topological polar surface area (TPSA) is 105 Å². The molecule has 0 spiro atoms. The van der Waals surface area contributed by atoms with Gasteiger partial charge in [-0.3, -0.25) is 4.79 Å². The highest BCUT2D eigenvalue weighted by atomic mass is 19.4. The summed E-state index contributed by atoms with van der Waals surface area (Å²) in [4.78, 5) is 23.2. The first kappa shape index (κ1) is 29.9. The minimum Gasteiger partial charge on any atom is -0.380 e. The first-order valence-corrected chi connectivity index (χ1v) is 13.5. The number of piperidine rings is 1. The van der Waals surface area contributed by atoms with Gasteiger partial charge < -0.3 is 20.1 Å². The number of aliphatic hydroxyl groups is 1. The number of hydrogen-bond donors (Lipinski definition) is 2. The van der Waals surface area contributed by atoms with Crippen molar-refractivity contribution >= 4 is 11.7 Å². The van der Waals surface area contributed by atoms with Gasteiger partial charge in [-0.25, -0.2) is 32.0 Å². The van der Waals surface area contributed by atoms with E-state index in [1.165, 1.54) is 4.52 Å². The number of likely N-dealkylation sites (tertiary alicyclic amines) is 1. The Labute approximate surface area is 230 Å². The van der Waals surface area contributed by atoms with Gasteiger partial charge in [0.2, 0.25) is 5.92 Å². The van der Waals surface area contributed by atoms with Crippen molar-refractivity contribution in [2.45, 2.75) is 93.2 Å². The highest BCUT2D eigenvalue weighted by Crippen LogP contribution is 2.46. The minimum atomic E-state index is -5.00. The van der Waals surface area contributed by atoms with E-state index < -0.39 is 80.1 Å². The number of halogens is 7. The molecule has 3 aliphatic rings. The van der Waals surface area contributed by atoms with Gasteiger partial charge in [0.15, 0.2) is 5.60 Å². The van der Waals surface area contributed by atoms with Crippen molar-refractivity contribution in [3.8, 4) is 0 Å². The van der Waals surface area contributed by atoms with Crippen molar-refractivity contribution in [2.24, 2.45) is 5.92 Å². The minimum absolute atomic E-state index is 0.000897. The number of nitrogens with zero attached hydrogens (tertiary/aromatic N) is 5. The molecule has 9 nitrogen and oxygen atoms in total. The summed E-state index contributed by atoms with van der Waals surface area (Å²) in [6.07, 6.45) is -6.21. The molecule has 1 saturated carbocycles. The van der Waals surface area contributed by atoms with E-state index in [2.05, 4.69) is 20.4 Å². The van der Waals surface area contributed by atoms with Crippen LogP contribution >= 0.6 is 0 Å². The van der Waals surface area contributed by atoms with Crippen molar-refractivity contribution in [1.82, 2.24) is 29.8 Å². The second kappa shape index (κ2) is 10.6. The van der Waals surface area contributed by atoms with E-state index in [9.17, 15) is 40.6 Å². The van der Waals surface area contributed by atoms with Gasteiger partial charge >= 0.3 is 6.18 Å². The number of aromatic nitrogens is 4. The summed E-state index contributed by atoms with van der Waals surface area (Å²) < 4.78 is 102. The number of carbonyl (C=O) groups excluding carboxylic acids is 1. The maximum absolute atomic E-state index is 13.8. The Hall–Kier alpha value is -2.59. The lowest BCUT2D eigenvalue weighted by molar-refractivity contribution is -0.278. The third kappa shape index (κ3) is 6.00. The summed E-state index contributed by atoms with van der Waals surface area (Å²) in [7, 11) is 1.67. The van der Waals surface area contributed by atoms with Crippen molar-refractivity contribution in [3.63, 3.8) is 0 Å². The van der Waals surface area contributed by atoms with Crippen LogP contribution < -0.4 is 5.32 Å². The average Bonchev–Trinajstić information content (AvgIpc) is 3.32. The molecule has 2 saturated heterocycles. The third-order valence-electron chi connectivity index (χ3n) is 8.46. The van der Waals surface area contributed by atoms with E-state index in [1.54, 1.807) is 13.2 Å². The molecule has 0 aromatic carbocycles. The molecule has 41 heavy (non-hydrogen) atoms. The van der Waals surface area contributed by atoms with Gasteiger partial charge in [0.05, 0.1) is 35.9 Å². The van der Waals surface area contributed by atoms with Crippen LogP contribution in [0.1, 0.15) is 74.8 Å². The fourth-order valence-corrected chi connectivity index (χ4v) is 6.02. The van der Waals surface area contributed by atoms with Gasteiger partial charge in [-0.15, -0.1) is 0 Å². The number of rotatable bonds is 5. The summed E-state index contributed by atoms with van der Waals surface area (Å²) in [6, 6.07) is -1.80. The molecule has 2 aliphatic heterocycles. The van der Waals surface area contributed by atoms with Crippen LogP contribution in [0.4, 0.5) is 30.7 Å². The Morgan fingerprint density at radius 1 is 1.10 bits per heavy atom. The summed E-state index contributed by atoms with van der Waals surface area (Å²) in [5, 5.41) is 17.8. The molecule has 2 aromatic heterocycles. The first-order chi connectivity index (χ1) is 19.1. The van der Waals surface area contributed by atoms with E-state index in [0.717, 1.165) is 11.1 Å². The molecular formula is C25H31F7N6O3. The van der Waals surface area contributed by atoms with Gasteiger partial charge in [0.25, 0.3) is 17.6 Å². The molecule has 1 amide bonds. The van der Waals surface area contributed by atoms with E-state index in [1.807, 2.05) is 0 Å². The number of ether oxygens (including phenoxy) is 1. The monoisotopic (exact) mass is 596 g/mol. The zero-order chi connectivity index (χ0) is 29.8. The van der Waals surface area contributed by atoms with Crippen molar-refractivity contribution in [2.75, 3.05) is 20.2 Å².